The first-order chi connectivity index (χ1) is 8.74. The van der Waals surface area contributed by atoms with Gasteiger partial charge in [0, 0.05) is 20.0 Å². The zero-order valence-electron chi connectivity index (χ0n) is 10.7. The standard InChI is InChI=1S/C14H19NO3/c1-15(10-6-3-7-11-16)14(17)18-12-13-8-4-2-5-9-13/h2,4-5,8-9,11H,3,6-7,10,12H2,1H3. The zero-order valence-corrected chi connectivity index (χ0v) is 10.7. The molecule has 0 saturated carbocycles. The molecule has 0 unspecified atom stereocenters. The molecule has 1 aromatic rings. The summed E-state index contributed by atoms with van der Waals surface area (Å²) >= 11 is 0. The van der Waals surface area contributed by atoms with Crippen molar-refractivity contribution in [3.05, 3.63) is 35.9 Å². The third-order valence-corrected chi connectivity index (χ3v) is 2.58. The minimum atomic E-state index is -0.329. The lowest BCUT2D eigenvalue weighted by Crippen LogP contribution is -2.28. The van der Waals surface area contributed by atoms with E-state index in [9.17, 15) is 9.59 Å². The van der Waals surface area contributed by atoms with Crippen molar-refractivity contribution in [3.63, 3.8) is 0 Å². The summed E-state index contributed by atoms with van der Waals surface area (Å²) in [6.07, 6.45) is 2.74. The summed E-state index contributed by atoms with van der Waals surface area (Å²) in [7, 11) is 1.70. The predicted octanol–water partition coefficient (Wildman–Crippen LogP) is 2.62. The van der Waals surface area contributed by atoms with Gasteiger partial charge in [-0.1, -0.05) is 30.3 Å². The number of hydrogen-bond acceptors (Lipinski definition) is 3. The highest BCUT2D eigenvalue weighted by molar-refractivity contribution is 5.67. The summed E-state index contributed by atoms with van der Waals surface area (Å²) in [6, 6.07) is 9.57. The van der Waals surface area contributed by atoms with Crippen LogP contribution in [0.25, 0.3) is 0 Å². The van der Waals surface area contributed by atoms with Crippen LogP contribution in [-0.2, 0) is 16.1 Å². The Morgan fingerprint density at radius 1 is 1.28 bits per heavy atom. The van der Waals surface area contributed by atoms with E-state index in [1.807, 2.05) is 30.3 Å². The minimum absolute atomic E-state index is 0.290. The Bertz CT molecular complexity index is 365. The summed E-state index contributed by atoms with van der Waals surface area (Å²) < 4.78 is 5.16. The Hall–Kier alpha value is -1.84. The summed E-state index contributed by atoms with van der Waals surface area (Å²) in [5.74, 6) is 0. The van der Waals surface area contributed by atoms with E-state index >= 15 is 0 Å². The number of ether oxygens (including phenoxy) is 1. The quantitative estimate of drug-likeness (QED) is 0.551. The fourth-order valence-corrected chi connectivity index (χ4v) is 1.50. The molecule has 0 aliphatic rings. The highest BCUT2D eigenvalue weighted by Gasteiger charge is 2.09. The number of benzene rings is 1. The van der Waals surface area contributed by atoms with Gasteiger partial charge in [0.25, 0.3) is 0 Å². The van der Waals surface area contributed by atoms with Crippen molar-refractivity contribution >= 4 is 12.4 Å². The lowest BCUT2D eigenvalue weighted by molar-refractivity contribution is -0.107. The number of carbonyl (C=O) groups excluding carboxylic acids is 2. The molecule has 4 nitrogen and oxygen atoms in total. The van der Waals surface area contributed by atoms with E-state index in [1.165, 1.54) is 4.90 Å². The normalized spacial score (nSPS) is 9.83. The number of carbonyl (C=O) groups is 2. The third kappa shape index (κ3) is 5.48. The van der Waals surface area contributed by atoms with Crippen LogP contribution in [0, 0.1) is 0 Å². The highest BCUT2D eigenvalue weighted by Crippen LogP contribution is 2.03. The lowest BCUT2D eigenvalue weighted by atomic mass is 10.2. The number of rotatable bonds is 7. The monoisotopic (exact) mass is 249 g/mol. The zero-order chi connectivity index (χ0) is 13.2. The molecule has 1 rings (SSSR count). The van der Waals surface area contributed by atoms with Gasteiger partial charge in [0.05, 0.1) is 0 Å². The summed E-state index contributed by atoms with van der Waals surface area (Å²) in [6.45, 7) is 0.903. The van der Waals surface area contributed by atoms with Crippen molar-refractivity contribution in [1.29, 1.82) is 0 Å². The number of amides is 1. The number of hydrogen-bond donors (Lipinski definition) is 0. The van der Waals surface area contributed by atoms with Gasteiger partial charge in [0.1, 0.15) is 12.9 Å². The second kappa shape index (κ2) is 8.28. The molecule has 0 radical (unpaired) electrons. The van der Waals surface area contributed by atoms with Crippen molar-refractivity contribution < 1.29 is 14.3 Å². The Morgan fingerprint density at radius 3 is 2.67 bits per heavy atom. The van der Waals surface area contributed by atoms with Crippen molar-refractivity contribution in [2.45, 2.75) is 25.9 Å². The van der Waals surface area contributed by atoms with Gasteiger partial charge in [-0.15, -0.1) is 0 Å². The van der Waals surface area contributed by atoms with E-state index in [1.54, 1.807) is 7.05 Å². The molecule has 1 aromatic carbocycles. The van der Waals surface area contributed by atoms with Gasteiger partial charge in [0.15, 0.2) is 0 Å². The molecule has 0 atom stereocenters. The van der Waals surface area contributed by atoms with Gasteiger partial charge >= 0.3 is 6.09 Å². The van der Waals surface area contributed by atoms with E-state index in [-0.39, 0.29) is 6.09 Å². The van der Waals surface area contributed by atoms with Crippen LogP contribution < -0.4 is 0 Å². The fraction of sp³-hybridized carbons (Fsp3) is 0.429. The molecule has 98 valence electrons. The summed E-state index contributed by atoms with van der Waals surface area (Å²) in [4.78, 5) is 23.3. The van der Waals surface area contributed by atoms with Gasteiger partial charge in [-0.25, -0.2) is 4.79 Å². The molecule has 0 bridgehead atoms. The maximum atomic E-state index is 11.6. The average Bonchev–Trinajstić information content (AvgIpc) is 2.42. The third-order valence-electron chi connectivity index (χ3n) is 2.58. The van der Waals surface area contributed by atoms with Crippen LogP contribution in [0.4, 0.5) is 4.79 Å². The summed E-state index contributed by atoms with van der Waals surface area (Å²) in [5.41, 5.74) is 0.972. The van der Waals surface area contributed by atoms with Crippen LogP contribution in [0.3, 0.4) is 0 Å². The first kappa shape index (κ1) is 14.2. The smallest absolute Gasteiger partial charge is 0.409 e. The molecular formula is C14H19NO3. The van der Waals surface area contributed by atoms with Crippen LogP contribution in [0.15, 0.2) is 30.3 Å². The van der Waals surface area contributed by atoms with Gasteiger partial charge < -0.3 is 14.4 Å². The Balaban J connectivity index is 2.21. The maximum Gasteiger partial charge on any atom is 0.409 e. The Morgan fingerprint density at radius 2 is 2.00 bits per heavy atom. The molecular weight excluding hydrogens is 230 g/mol. The van der Waals surface area contributed by atoms with E-state index in [4.69, 9.17) is 4.74 Å². The first-order valence-corrected chi connectivity index (χ1v) is 6.09. The second-order valence-corrected chi connectivity index (χ2v) is 4.12. The number of unbranched alkanes of at least 4 members (excludes halogenated alkanes) is 2. The molecule has 18 heavy (non-hydrogen) atoms. The molecule has 0 saturated heterocycles. The van der Waals surface area contributed by atoms with Crippen molar-refractivity contribution in [3.8, 4) is 0 Å². The minimum Gasteiger partial charge on any atom is -0.445 e. The fourth-order valence-electron chi connectivity index (χ4n) is 1.50. The van der Waals surface area contributed by atoms with E-state index in [0.29, 0.717) is 19.6 Å². The summed E-state index contributed by atoms with van der Waals surface area (Å²) in [5, 5.41) is 0. The number of nitrogens with zero attached hydrogens (tertiary/aromatic N) is 1. The molecule has 0 aliphatic carbocycles. The largest absolute Gasteiger partial charge is 0.445 e. The Kier molecular flexibility index (Phi) is 6.54. The second-order valence-electron chi connectivity index (χ2n) is 4.12. The van der Waals surface area contributed by atoms with Gasteiger partial charge in [-0.2, -0.15) is 0 Å². The lowest BCUT2D eigenvalue weighted by Gasteiger charge is -2.16. The molecule has 0 fully saturated rings. The molecule has 0 heterocycles. The Labute approximate surface area is 108 Å². The van der Waals surface area contributed by atoms with E-state index in [0.717, 1.165) is 24.7 Å². The average molecular weight is 249 g/mol. The van der Waals surface area contributed by atoms with Crippen LogP contribution in [0.5, 0.6) is 0 Å². The van der Waals surface area contributed by atoms with Crippen LogP contribution in [-0.4, -0.2) is 30.9 Å². The molecule has 0 aliphatic heterocycles. The van der Waals surface area contributed by atoms with Crippen molar-refractivity contribution in [2.75, 3.05) is 13.6 Å². The van der Waals surface area contributed by atoms with Crippen molar-refractivity contribution in [2.24, 2.45) is 0 Å². The van der Waals surface area contributed by atoms with Crippen LogP contribution >= 0.6 is 0 Å². The van der Waals surface area contributed by atoms with E-state index in [2.05, 4.69) is 0 Å². The van der Waals surface area contributed by atoms with Gasteiger partial charge in [0.2, 0.25) is 0 Å². The molecule has 4 heteroatoms. The van der Waals surface area contributed by atoms with Gasteiger partial charge in [-0.05, 0) is 18.4 Å². The first-order valence-electron chi connectivity index (χ1n) is 6.09. The van der Waals surface area contributed by atoms with E-state index < -0.39 is 0 Å². The topological polar surface area (TPSA) is 46.6 Å². The van der Waals surface area contributed by atoms with Gasteiger partial charge in [-0.3, -0.25) is 0 Å². The van der Waals surface area contributed by atoms with Crippen molar-refractivity contribution in [1.82, 2.24) is 4.90 Å². The van der Waals surface area contributed by atoms with Crippen LogP contribution in [0.1, 0.15) is 24.8 Å². The SMILES string of the molecule is CN(CCCCC=O)C(=O)OCc1ccccc1. The molecule has 0 N–H and O–H groups in total. The number of aldehydes is 1. The predicted molar refractivity (Wildman–Crippen MR) is 69.2 cm³/mol. The molecule has 1 amide bonds. The molecule has 0 aromatic heterocycles. The van der Waals surface area contributed by atoms with Crippen LogP contribution in [0.2, 0.25) is 0 Å². The molecule has 0 spiro atoms. The maximum absolute atomic E-state index is 11.6. The highest BCUT2D eigenvalue weighted by atomic mass is 16.6.